The number of piperidine rings is 1. The summed E-state index contributed by atoms with van der Waals surface area (Å²) < 4.78 is 1.63. The summed E-state index contributed by atoms with van der Waals surface area (Å²) in [5.74, 6) is 0.531. The summed E-state index contributed by atoms with van der Waals surface area (Å²) in [7, 11) is 0. The molecule has 3 aromatic rings. The molecule has 7 nitrogen and oxygen atoms in total. The van der Waals surface area contributed by atoms with Crippen LogP contribution in [-0.2, 0) is 0 Å². The van der Waals surface area contributed by atoms with Gasteiger partial charge in [-0.3, -0.25) is 9.78 Å². The number of pyridine rings is 1. The van der Waals surface area contributed by atoms with E-state index < -0.39 is 0 Å². The Labute approximate surface area is 145 Å². The van der Waals surface area contributed by atoms with Crippen LogP contribution in [0.25, 0.3) is 5.78 Å². The lowest BCUT2D eigenvalue weighted by Crippen LogP contribution is -2.39. The van der Waals surface area contributed by atoms with E-state index in [9.17, 15) is 4.79 Å². The molecular formula is C18H20N6O. The maximum Gasteiger partial charge on any atom is 0.294 e. The van der Waals surface area contributed by atoms with Crippen molar-refractivity contribution < 1.29 is 4.79 Å². The number of likely N-dealkylation sites (tertiary alicyclic amines) is 1. The fraction of sp³-hybridized carbons (Fsp3) is 0.389. The zero-order valence-electron chi connectivity index (χ0n) is 14.4. The Bertz CT molecular complexity index is 920. The number of aryl methyl sites for hydroxylation is 2. The molecule has 25 heavy (non-hydrogen) atoms. The Morgan fingerprint density at radius 1 is 1.24 bits per heavy atom. The molecule has 3 aromatic heterocycles. The molecule has 128 valence electrons. The number of carbonyl (C=O) groups excluding carboxylic acids is 1. The van der Waals surface area contributed by atoms with Crippen LogP contribution in [-0.4, -0.2) is 41.9 Å². The molecule has 0 radical (unpaired) electrons. The largest absolute Gasteiger partial charge is 0.329 e. The highest BCUT2D eigenvalue weighted by molar-refractivity contribution is 5.91. The van der Waals surface area contributed by atoms with Gasteiger partial charge in [0.2, 0.25) is 5.82 Å². The topological polar surface area (TPSA) is 76.3 Å². The number of rotatable bonds is 2. The van der Waals surface area contributed by atoms with Crippen molar-refractivity contribution in [1.29, 1.82) is 0 Å². The summed E-state index contributed by atoms with van der Waals surface area (Å²) >= 11 is 0. The van der Waals surface area contributed by atoms with E-state index in [0.29, 0.717) is 12.3 Å². The minimum atomic E-state index is -0.142. The van der Waals surface area contributed by atoms with Gasteiger partial charge in [0, 0.05) is 30.3 Å². The van der Waals surface area contributed by atoms with E-state index >= 15 is 0 Å². The second kappa shape index (κ2) is 6.23. The molecule has 4 heterocycles. The monoisotopic (exact) mass is 336 g/mol. The van der Waals surface area contributed by atoms with Crippen molar-refractivity contribution in [3.8, 4) is 0 Å². The van der Waals surface area contributed by atoms with Crippen molar-refractivity contribution in [3.05, 3.63) is 53.4 Å². The van der Waals surface area contributed by atoms with E-state index in [2.05, 4.69) is 20.1 Å². The summed E-state index contributed by atoms with van der Waals surface area (Å²) in [5.41, 5.74) is 2.84. The zero-order chi connectivity index (χ0) is 17.4. The molecule has 0 bridgehead atoms. The van der Waals surface area contributed by atoms with E-state index in [1.807, 2.05) is 43.1 Å². The lowest BCUT2D eigenvalue weighted by molar-refractivity contribution is 0.0598. The Morgan fingerprint density at radius 3 is 2.92 bits per heavy atom. The van der Waals surface area contributed by atoms with Crippen LogP contribution < -0.4 is 0 Å². The molecule has 0 aliphatic carbocycles. The number of hydrogen-bond acceptors (Lipinski definition) is 5. The molecule has 0 N–H and O–H groups in total. The van der Waals surface area contributed by atoms with Crippen molar-refractivity contribution in [3.63, 3.8) is 0 Å². The van der Waals surface area contributed by atoms with Gasteiger partial charge < -0.3 is 4.90 Å². The smallest absolute Gasteiger partial charge is 0.294 e. The zero-order valence-corrected chi connectivity index (χ0v) is 14.4. The third-order valence-electron chi connectivity index (χ3n) is 4.64. The van der Waals surface area contributed by atoms with E-state index in [4.69, 9.17) is 0 Å². The van der Waals surface area contributed by atoms with Crippen LogP contribution in [0.5, 0.6) is 0 Å². The molecule has 1 fully saturated rings. The third kappa shape index (κ3) is 2.86. The normalized spacial score (nSPS) is 17.8. The molecule has 1 amide bonds. The molecule has 0 saturated carbocycles. The first-order chi connectivity index (χ1) is 12.1. The lowest BCUT2D eigenvalue weighted by atomic mass is 9.96. The molecule has 4 rings (SSSR count). The van der Waals surface area contributed by atoms with Crippen molar-refractivity contribution >= 4 is 11.7 Å². The summed E-state index contributed by atoms with van der Waals surface area (Å²) in [5, 5.41) is 4.39. The van der Waals surface area contributed by atoms with Gasteiger partial charge in [-0.05, 0) is 50.8 Å². The Balaban J connectivity index is 1.70. The maximum atomic E-state index is 13.1. The van der Waals surface area contributed by atoms with Gasteiger partial charge in [0.15, 0.2) is 0 Å². The van der Waals surface area contributed by atoms with Crippen LogP contribution in [0, 0.1) is 13.8 Å². The van der Waals surface area contributed by atoms with Crippen molar-refractivity contribution in [1.82, 2.24) is 29.5 Å². The van der Waals surface area contributed by atoms with E-state index in [-0.39, 0.29) is 17.8 Å². The molecule has 1 aliphatic rings. The van der Waals surface area contributed by atoms with Crippen LogP contribution in [0.3, 0.4) is 0 Å². The number of amides is 1. The number of carbonyl (C=O) groups is 1. The fourth-order valence-electron chi connectivity index (χ4n) is 3.48. The Hall–Kier alpha value is -2.83. The molecule has 0 unspecified atom stereocenters. The minimum Gasteiger partial charge on any atom is -0.329 e. The standard InChI is InChI=1S/C18H20N6O/c1-12-10-13(2)24-18(20-12)21-16(22-24)17(25)23-9-4-3-7-15(23)14-6-5-8-19-11-14/h5-6,8,10-11,15H,3-4,7,9H2,1-2H3/t15-/m0/s1. The van der Waals surface area contributed by atoms with Crippen molar-refractivity contribution in [2.24, 2.45) is 0 Å². The van der Waals surface area contributed by atoms with Gasteiger partial charge in [-0.25, -0.2) is 9.50 Å². The SMILES string of the molecule is Cc1cc(C)n2nc(C(=O)N3CCCC[C@H]3c3cccnc3)nc2n1. The average molecular weight is 336 g/mol. The van der Waals surface area contributed by atoms with E-state index in [1.165, 1.54) is 0 Å². The van der Waals surface area contributed by atoms with Crippen LogP contribution in [0.15, 0.2) is 30.6 Å². The van der Waals surface area contributed by atoms with Crippen LogP contribution in [0.2, 0.25) is 0 Å². The van der Waals surface area contributed by atoms with Crippen molar-refractivity contribution in [2.75, 3.05) is 6.54 Å². The number of fused-ring (bicyclic) bond motifs is 1. The van der Waals surface area contributed by atoms with E-state index in [1.54, 1.807) is 10.7 Å². The second-order valence-electron chi connectivity index (χ2n) is 6.48. The average Bonchev–Trinajstić information content (AvgIpc) is 3.06. The van der Waals surface area contributed by atoms with E-state index in [0.717, 1.165) is 36.2 Å². The predicted molar refractivity (Wildman–Crippen MR) is 92.1 cm³/mol. The highest BCUT2D eigenvalue weighted by Gasteiger charge is 2.31. The van der Waals surface area contributed by atoms with Gasteiger partial charge in [-0.1, -0.05) is 6.07 Å². The molecule has 1 saturated heterocycles. The fourth-order valence-corrected chi connectivity index (χ4v) is 3.48. The Kier molecular flexibility index (Phi) is 3.91. The van der Waals surface area contributed by atoms with Crippen LogP contribution in [0.1, 0.15) is 52.9 Å². The molecule has 0 spiro atoms. The summed E-state index contributed by atoms with van der Waals surface area (Å²) in [6, 6.07) is 5.88. The number of nitrogens with zero attached hydrogens (tertiary/aromatic N) is 6. The number of hydrogen-bond donors (Lipinski definition) is 0. The molecular weight excluding hydrogens is 316 g/mol. The summed E-state index contributed by atoms with van der Waals surface area (Å²) in [6.45, 7) is 4.55. The molecule has 1 atom stereocenters. The first-order valence-corrected chi connectivity index (χ1v) is 8.55. The van der Waals surface area contributed by atoms with Crippen LogP contribution >= 0.6 is 0 Å². The minimum absolute atomic E-state index is 0.0253. The van der Waals surface area contributed by atoms with Gasteiger partial charge >= 0.3 is 0 Å². The van der Waals surface area contributed by atoms with Crippen LogP contribution in [0.4, 0.5) is 0 Å². The quantitative estimate of drug-likeness (QED) is 0.719. The summed E-state index contributed by atoms with van der Waals surface area (Å²) in [6.07, 6.45) is 6.61. The first-order valence-electron chi connectivity index (χ1n) is 8.55. The predicted octanol–water partition coefficient (Wildman–Crippen LogP) is 2.50. The second-order valence-corrected chi connectivity index (χ2v) is 6.48. The lowest BCUT2D eigenvalue weighted by Gasteiger charge is -2.35. The first kappa shape index (κ1) is 15.7. The summed E-state index contributed by atoms with van der Waals surface area (Å²) in [4.78, 5) is 27.9. The molecule has 1 aliphatic heterocycles. The molecule has 0 aromatic carbocycles. The van der Waals surface area contributed by atoms with Crippen molar-refractivity contribution in [2.45, 2.75) is 39.2 Å². The van der Waals surface area contributed by atoms with Gasteiger partial charge in [0.1, 0.15) is 0 Å². The highest BCUT2D eigenvalue weighted by atomic mass is 16.2. The highest BCUT2D eigenvalue weighted by Crippen LogP contribution is 2.31. The molecule has 7 heteroatoms. The van der Waals surface area contributed by atoms with Gasteiger partial charge in [-0.2, -0.15) is 4.98 Å². The Morgan fingerprint density at radius 2 is 2.12 bits per heavy atom. The van der Waals surface area contributed by atoms with Gasteiger partial charge in [0.05, 0.1) is 6.04 Å². The van der Waals surface area contributed by atoms with Gasteiger partial charge in [-0.15, -0.1) is 5.10 Å². The van der Waals surface area contributed by atoms with Gasteiger partial charge in [0.25, 0.3) is 11.7 Å². The third-order valence-corrected chi connectivity index (χ3v) is 4.64. The maximum absolute atomic E-state index is 13.1. The number of aromatic nitrogens is 5.